The molecule has 0 aromatic rings. The molecule has 1 N–H and O–H groups in total. The van der Waals surface area contributed by atoms with Crippen molar-refractivity contribution in [3.8, 4) is 0 Å². The predicted octanol–water partition coefficient (Wildman–Crippen LogP) is 0.219. The Morgan fingerprint density at radius 3 is 1.30 bits per heavy atom. The summed E-state index contributed by atoms with van der Waals surface area (Å²) in [6.07, 6.45) is 0. The Bertz CT molecular complexity index is 159. The first kappa shape index (κ1) is 20.1. The van der Waals surface area contributed by atoms with Crippen molar-refractivity contribution in [3.05, 3.63) is 0 Å². The highest BCUT2D eigenvalue weighted by molar-refractivity contribution is 7.80. The minimum Gasteiger partial charge on any atom is -0.378 e. The molecule has 0 radical (unpaired) electrons. The number of likely N-dealkylation sites (N-methyl/N-ethyl adjacent to an activating group) is 1. The molecule has 7 heteroatoms. The minimum absolute atomic E-state index is 0.578. The molecule has 0 spiro atoms. The van der Waals surface area contributed by atoms with Crippen LogP contribution in [0.3, 0.4) is 0 Å². The van der Waals surface area contributed by atoms with E-state index in [0.717, 1.165) is 12.3 Å². The Balaban J connectivity index is 2.89. The molecule has 0 rings (SSSR count). The van der Waals surface area contributed by atoms with Gasteiger partial charge in [0.15, 0.2) is 0 Å². The molecule has 0 aromatic heterocycles. The van der Waals surface area contributed by atoms with E-state index in [4.69, 9.17) is 23.7 Å². The van der Waals surface area contributed by atoms with Crippen LogP contribution in [-0.4, -0.2) is 85.4 Å². The lowest BCUT2D eigenvalue weighted by Crippen LogP contribution is -2.17. The number of hydrogen-bond acceptors (Lipinski definition) is 7. The van der Waals surface area contributed by atoms with Gasteiger partial charge in [-0.3, -0.25) is 0 Å². The smallest absolute Gasteiger partial charge is 0.0701 e. The zero-order valence-electron chi connectivity index (χ0n) is 12.5. The van der Waals surface area contributed by atoms with Crippen LogP contribution >= 0.6 is 12.6 Å². The first-order valence-corrected chi connectivity index (χ1v) is 7.69. The second kappa shape index (κ2) is 19.1. The monoisotopic (exact) mass is 311 g/mol. The van der Waals surface area contributed by atoms with Gasteiger partial charge in [0.2, 0.25) is 0 Å². The molecule has 20 heavy (non-hydrogen) atoms. The molecule has 0 amide bonds. The fourth-order valence-electron chi connectivity index (χ4n) is 1.22. The third kappa shape index (κ3) is 18.1. The molecule has 6 nitrogen and oxygen atoms in total. The maximum Gasteiger partial charge on any atom is 0.0701 e. The Hall–Kier alpha value is 0.110. The second-order valence-electron chi connectivity index (χ2n) is 3.89. The maximum absolute atomic E-state index is 5.35. The van der Waals surface area contributed by atoms with E-state index in [1.165, 1.54) is 0 Å². The van der Waals surface area contributed by atoms with E-state index in [9.17, 15) is 0 Å². The number of rotatable bonds is 17. The van der Waals surface area contributed by atoms with Crippen molar-refractivity contribution < 1.29 is 23.7 Å². The third-order valence-electron chi connectivity index (χ3n) is 2.22. The molecule has 0 aliphatic rings. The van der Waals surface area contributed by atoms with Gasteiger partial charge in [0.25, 0.3) is 0 Å². The summed E-state index contributed by atoms with van der Waals surface area (Å²) in [5, 5.41) is 3.01. The van der Waals surface area contributed by atoms with Crippen LogP contribution in [0, 0.1) is 0 Å². The number of ether oxygens (including phenoxy) is 5. The van der Waals surface area contributed by atoms with Crippen molar-refractivity contribution in [3.63, 3.8) is 0 Å². The van der Waals surface area contributed by atoms with Crippen molar-refractivity contribution in [1.82, 2.24) is 5.32 Å². The summed E-state index contributed by atoms with van der Waals surface area (Å²) in [5.41, 5.74) is 0. The molecule has 0 aromatic carbocycles. The molecule has 0 heterocycles. The minimum atomic E-state index is 0.578. The summed E-state index contributed by atoms with van der Waals surface area (Å²) in [6, 6.07) is 0. The van der Waals surface area contributed by atoms with Crippen LogP contribution in [0.15, 0.2) is 0 Å². The highest BCUT2D eigenvalue weighted by Crippen LogP contribution is 1.84. The Morgan fingerprint density at radius 2 is 0.950 bits per heavy atom. The van der Waals surface area contributed by atoms with Gasteiger partial charge in [-0.2, -0.15) is 12.6 Å². The van der Waals surface area contributed by atoms with Gasteiger partial charge in [-0.1, -0.05) is 0 Å². The zero-order chi connectivity index (χ0) is 14.7. The molecule has 0 fully saturated rings. The fourth-order valence-corrected chi connectivity index (χ4v) is 1.35. The van der Waals surface area contributed by atoms with Gasteiger partial charge < -0.3 is 29.0 Å². The lowest BCUT2D eigenvalue weighted by atomic mass is 10.6. The highest BCUT2D eigenvalue weighted by Gasteiger charge is 1.93. The van der Waals surface area contributed by atoms with Gasteiger partial charge in [0, 0.05) is 12.3 Å². The van der Waals surface area contributed by atoms with Gasteiger partial charge in [-0.25, -0.2) is 0 Å². The average molecular weight is 311 g/mol. The fraction of sp³-hybridized carbons (Fsp3) is 1.00. The van der Waals surface area contributed by atoms with Gasteiger partial charge in [0.1, 0.15) is 0 Å². The molecule has 122 valence electrons. The number of nitrogens with one attached hydrogen (secondary N) is 1. The van der Waals surface area contributed by atoms with Crippen LogP contribution in [0.2, 0.25) is 0 Å². The second-order valence-corrected chi connectivity index (χ2v) is 4.34. The molecule has 0 aliphatic carbocycles. The maximum atomic E-state index is 5.35. The van der Waals surface area contributed by atoms with E-state index >= 15 is 0 Å². The lowest BCUT2D eigenvalue weighted by molar-refractivity contribution is -0.00973. The molecule has 0 bridgehead atoms. The van der Waals surface area contributed by atoms with E-state index in [2.05, 4.69) is 17.9 Å². The molecular weight excluding hydrogens is 282 g/mol. The largest absolute Gasteiger partial charge is 0.378 e. The van der Waals surface area contributed by atoms with E-state index in [0.29, 0.717) is 66.1 Å². The molecule has 0 unspecified atom stereocenters. The van der Waals surface area contributed by atoms with Crippen molar-refractivity contribution in [2.24, 2.45) is 0 Å². The van der Waals surface area contributed by atoms with Crippen LogP contribution in [0.1, 0.15) is 0 Å². The summed E-state index contributed by atoms with van der Waals surface area (Å²) in [7, 11) is 1.90. The summed E-state index contributed by atoms with van der Waals surface area (Å²) in [5.74, 6) is 0.740. The molecular formula is C13H29NO5S. The number of thiol groups is 1. The van der Waals surface area contributed by atoms with E-state index in [1.807, 2.05) is 7.05 Å². The molecule has 0 saturated carbocycles. The molecule has 0 saturated heterocycles. The number of hydrogen-bond donors (Lipinski definition) is 2. The Labute approximate surface area is 127 Å². The quantitative estimate of drug-likeness (QED) is 0.296. The van der Waals surface area contributed by atoms with Gasteiger partial charge in [0.05, 0.1) is 66.1 Å². The first-order valence-electron chi connectivity index (χ1n) is 7.06. The Morgan fingerprint density at radius 1 is 0.600 bits per heavy atom. The zero-order valence-corrected chi connectivity index (χ0v) is 13.4. The SMILES string of the molecule is CNCCOCCOCCOCCOCCOCCS. The van der Waals surface area contributed by atoms with Crippen LogP contribution in [-0.2, 0) is 23.7 Å². The normalized spacial score (nSPS) is 11.1. The summed E-state index contributed by atoms with van der Waals surface area (Å²) in [4.78, 5) is 0. The van der Waals surface area contributed by atoms with Gasteiger partial charge in [-0.15, -0.1) is 0 Å². The van der Waals surface area contributed by atoms with Crippen LogP contribution in [0.25, 0.3) is 0 Å². The Kier molecular flexibility index (Phi) is 19.2. The van der Waals surface area contributed by atoms with E-state index < -0.39 is 0 Å². The predicted molar refractivity (Wildman–Crippen MR) is 81.9 cm³/mol. The van der Waals surface area contributed by atoms with Crippen molar-refractivity contribution >= 4 is 12.6 Å². The standard InChI is InChI=1S/C13H29NO5S/c1-14-2-3-15-4-5-16-6-7-17-8-9-18-10-11-19-12-13-20/h14,20H,2-13H2,1H3. The first-order chi connectivity index (χ1) is 9.91. The third-order valence-corrected chi connectivity index (χ3v) is 2.40. The van der Waals surface area contributed by atoms with E-state index in [-0.39, 0.29) is 0 Å². The van der Waals surface area contributed by atoms with Gasteiger partial charge >= 0.3 is 0 Å². The van der Waals surface area contributed by atoms with Crippen LogP contribution in [0.5, 0.6) is 0 Å². The summed E-state index contributed by atoms with van der Waals surface area (Å²) < 4.78 is 26.5. The topological polar surface area (TPSA) is 58.2 Å². The highest BCUT2D eigenvalue weighted by atomic mass is 32.1. The van der Waals surface area contributed by atoms with Gasteiger partial charge in [-0.05, 0) is 7.05 Å². The van der Waals surface area contributed by atoms with Crippen molar-refractivity contribution in [1.29, 1.82) is 0 Å². The summed E-state index contributed by atoms with van der Waals surface area (Å²) in [6.45, 7) is 6.99. The molecule has 0 aliphatic heterocycles. The molecule has 0 atom stereocenters. The summed E-state index contributed by atoms with van der Waals surface area (Å²) >= 11 is 4.04. The van der Waals surface area contributed by atoms with Crippen molar-refractivity contribution in [2.45, 2.75) is 0 Å². The van der Waals surface area contributed by atoms with Crippen molar-refractivity contribution in [2.75, 3.05) is 85.4 Å². The van der Waals surface area contributed by atoms with Crippen LogP contribution < -0.4 is 5.32 Å². The van der Waals surface area contributed by atoms with Crippen LogP contribution in [0.4, 0.5) is 0 Å². The average Bonchev–Trinajstić information content (AvgIpc) is 2.47. The van der Waals surface area contributed by atoms with E-state index in [1.54, 1.807) is 0 Å². The lowest BCUT2D eigenvalue weighted by Gasteiger charge is -2.07.